The van der Waals surface area contributed by atoms with Gasteiger partial charge in [-0.1, -0.05) is 0 Å². The first-order valence-electron chi connectivity index (χ1n) is 3.74. The Morgan fingerprint density at radius 1 is 1.33 bits per heavy atom. The largest absolute Gasteiger partial charge is 0.504 e. The molecule has 1 aromatic carbocycles. The monoisotopic (exact) mass is 219 g/mol. The molecule has 82 valence electrons. The first-order valence-corrected chi connectivity index (χ1v) is 3.74. The number of phenolic OH excluding ortho intramolecular Hbond substituents is 2. The van der Waals surface area contributed by atoms with Gasteiger partial charge in [-0.25, -0.2) is 4.39 Å². The van der Waals surface area contributed by atoms with Crippen molar-refractivity contribution >= 4 is 5.97 Å². The number of carboxylic acid groups (broad SMARTS) is 1. The van der Waals surface area contributed by atoms with Crippen LogP contribution in [0.4, 0.5) is 8.78 Å². The van der Waals surface area contributed by atoms with Gasteiger partial charge in [-0.3, -0.25) is 4.79 Å². The van der Waals surface area contributed by atoms with Gasteiger partial charge in [-0.2, -0.15) is 4.39 Å². The first-order chi connectivity index (χ1) is 6.86. The van der Waals surface area contributed by atoms with Gasteiger partial charge in [0.15, 0.2) is 17.3 Å². The maximum atomic E-state index is 12.9. The number of halogens is 2. The van der Waals surface area contributed by atoms with E-state index in [1.54, 1.807) is 0 Å². The molecule has 5 nitrogen and oxygen atoms in total. The highest BCUT2D eigenvalue weighted by atomic mass is 19.1. The van der Waals surface area contributed by atoms with Gasteiger partial charge in [0.1, 0.15) is 6.04 Å². The van der Waals surface area contributed by atoms with Gasteiger partial charge >= 0.3 is 5.97 Å². The maximum Gasteiger partial charge on any atom is 0.325 e. The smallest absolute Gasteiger partial charge is 0.325 e. The van der Waals surface area contributed by atoms with Crippen LogP contribution in [0.2, 0.25) is 0 Å². The van der Waals surface area contributed by atoms with Crippen LogP contribution < -0.4 is 5.73 Å². The van der Waals surface area contributed by atoms with E-state index in [4.69, 9.17) is 21.1 Å². The lowest BCUT2D eigenvalue weighted by Gasteiger charge is -2.10. The quantitative estimate of drug-likeness (QED) is 0.578. The minimum Gasteiger partial charge on any atom is -0.504 e. The Morgan fingerprint density at radius 3 is 2.33 bits per heavy atom. The average Bonchev–Trinajstić information content (AvgIpc) is 2.19. The van der Waals surface area contributed by atoms with Gasteiger partial charge in [0, 0.05) is 5.56 Å². The second-order valence-corrected chi connectivity index (χ2v) is 2.77. The van der Waals surface area contributed by atoms with Crippen LogP contribution in [-0.2, 0) is 4.79 Å². The molecule has 0 spiro atoms. The second kappa shape index (κ2) is 3.70. The first kappa shape index (κ1) is 11.2. The number of nitrogens with two attached hydrogens (primary N) is 1. The highest BCUT2D eigenvalue weighted by Gasteiger charge is 2.24. The number of carbonyl (C=O) groups is 1. The van der Waals surface area contributed by atoms with E-state index >= 15 is 0 Å². The summed E-state index contributed by atoms with van der Waals surface area (Å²) in [4.78, 5) is 10.4. The summed E-state index contributed by atoms with van der Waals surface area (Å²) in [5.41, 5.74) is 4.41. The van der Waals surface area contributed by atoms with Gasteiger partial charge in [0.25, 0.3) is 0 Å². The lowest BCUT2D eigenvalue weighted by molar-refractivity contribution is -0.138. The van der Waals surface area contributed by atoms with Crippen LogP contribution in [0.3, 0.4) is 0 Å². The maximum absolute atomic E-state index is 12.9. The Morgan fingerprint density at radius 2 is 1.87 bits per heavy atom. The topological polar surface area (TPSA) is 104 Å². The highest BCUT2D eigenvalue weighted by molar-refractivity contribution is 5.76. The van der Waals surface area contributed by atoms with Crippen molar-refractivity contribution in [3.63, 3.8) is 0 Å². The lowest BCUT2D eigenvalue weighted by atomic mass is 10.1. The fraction of sp³-hybridized carbons (Fsp3) is 0.125. The molecule has 0 fully saturated rings. The van der Waals surface area contributed by atoms with Crippen LogP contribution in [0.5, 0.6) is 11.5 Å². The third-order valence-electron chi connectivity index (χ3n) is 1.80. The molecule has 0 saturated heterocycles. The third kappa shape index (κ3) is 1.82. The predicted molar refractivity (Wildman–Crippen MR) is 44.3 cm³/mol. The van der Waals surface area contributed by atoms with Crippen LogP contribution in [0.25, 0.3) is 0 Å². The van der Waals surface area contributed by atoms with Crippen molar-refractivity contribution in [1.82, 2.24) is 0 Å². The zero-order chi connectivity index (χ0) is 11.7. The van der Waals surface area contributed by atoms with Crippen LogP contribution in [0.15, 0.2) is 6.07 Å². The Labute approximate surface area is 82.4 Å². The molecule has 0 aromatic heterocycles. The van der Waals surface area contributed by atoms with Crippen LogP contribution >= 0.6 is 0 Å². The van der Waals surface area contributed by atoms with Gasteiger partial charge in [-0.05, 0) is 6.07 Å². The van der Waals surface area contributed by atoms with E-state index in [1.165, 1.54) is 0 Å². The summed E-state index contributed by atoms with van der Waals surface area (Å²) in [6.07, 6.45) is 0. The van der Waals surface area contributed by atoms with E-state index in [1.807, 2.05) is 0 Å². The van der Waals surface area contributed by atoms with Crippen molar-refractivity contribution in [3.05, 3.63) is 23.3 Å². The number of aromatic hydroxyl groups is 2. The molecule has 0 bridgehead atoms. The second-order valence-electron chi connectivity index (χ2n) is 2.77. The molecule has 0 aliphatic heterocycles. The Bertz CT molecular complexity index is 422. The minimum atomic E-state index is -1.77. The Kier molecular flexibility index (Phi) is 2.76. The number of aliphatic carboxylic acids is 1. The van der Waals surface area contributed by atoms with E-state index in [-0.39, 0.29) is 0 Å². The molecule has 5 N–H and O–H groups in total. The summed E-state index contributed by atoms with van der Waals surface area (Å²) in [6.45, 7) is 0. The summed E-state index contributed by atoms with van der Waals surface area (Å²) in [5.74, 6) is -7.15. The predicted octanol–water partition coefficient (Wildman–Crippen LogP) is 0.460. The molecule has 0 amide bonds. The van der Waals surface area contributed by atoms with Crippen molar-refractivity contribution < 1.29 is 28.9 Å². The molecule has 1 atom stereocenters. The summed E-state index contributed by atoms with van der Waals surface area (Å²) in [7, 11) is 0. The van der Waals surface area contributed by atoms with Gasteiger partial charge in [0.05, 0.1) is 0 Å². The molecular weight excluding hydrogens is 212 g/mol. The van der Waals surface area contributed by atoms with Crippen LogP contribution in [0.1, 0.15) is 11.6 Å². The van der Waals surface area contributed by atoms with Gasteiger partial charge < -0.3 is 21.1 Å². The number of hydrogen-bond donors (Lipinski definition) is 4. The third-order valence-corrected chi connectivity index (χ3v) is 1.80. The molecule has 0 saturated carbocycles. The minimum absolute atomic E-state index is 0.465. The molecule has 0 aliphatic rings. The van der Waals surface area contributed by atoms with E-state index in [2.05, 4.69) is 0 Å². The molecule has 1 unspecified atom stereocenters. The van der Waals surface area contributed by atoms with E-state index in [9.17, 15) is 13.6 Å². The fourth-order valence-corrected chi connectivity index (χ4v) is 0.987. The molecule has 15 heavy (non-hydrogen) atoms. The lowest BCUT2D eigenvalue weighted by Crippen LogP contribution is -2.21. The van der Waals surface area contributed by atoms with Gasteiger partial charge in [0.2, 0.25) is 5.82 Å². The van der Waals surface area contributed by atoms with Crippen LogP contribution in [-0.4, -0.2) is 21.3 Å². The van der Waals surface area contributed by atoms with Crippen molar-refractivity contribution in [1.29, 1.82) is 0 Å². The molecule has 1 aromatic rings. The van der Waals surface area contributed by atoms with Crippen molar-refractivity contribution in [2.45, 2.75) is 6.04 Å². The molecule has 0 aliphatic carbocycles. The highest BCUT2D eigenvalue weighted by Crippen LogP contribution is 2.34. The Hall–Kier alpha value is -1.89. The molecule has 7 heteroatoms. The molecular formula is C8H7F2NO4. The van der Waals surface area contributed by atoms with Gasteiger partial charge in [-0.15, -0.1) is 0 Å². The SMILES string of the molecule is NC(C(=O)O)c1cc(F)c(O)c(F)c1O. The van der Waals surface area contributed by atoms with Crippen molar-refractivity contribution in [3.8, 4) is 11.5 Å². The zero-order valence-electron chi connectivity index (χ0n) is 7.24. The molecule has 1 rings (SSSR count). The number of rotatable bonds is 2. The number of carboxylic acids is 1. The van der Waals surface area contributed by atoms with Crippen LogP contribution in [0, 0.1) is 11.6 Å². The summed E-state index contributed by atoms with van der Waals surface area (Å²) >= 11 is 0. The summed E-state index contributed by atoms with van der Waals surface area (Å²) < 4.78 is 25.7. The van der Waals surface area contributed by atoms with Crippen molar-refractivity contribution in [2.75, 3.05) is 0 Å². The van der Waals surface area contributed by atoms with E-state index < -0.39 is 40.7 Å². The fourth-order valence-electron chi connectivity index (χ4n) is 0.987. The zero-order valence-corrected chi connectivity index (χ0v) is 7.24. The number of hydrogen-bond acceptors (Lipinski definition) is 4. The standard InChI is InChI=1S/C8H7F2NO4/c9-3-1-2(5(11)8(14)15)6(12)4(10)7(3)13/h1,5,12-13H,11H2,(H,14,15). The summed E-state index contributed by atoms with van der Waals surface area (Å²) in [6, 6.07) is -1.30. The number of benzene rings is 1. The van der Waals surface area contributed by atoms with E-state index in [0.717, 1.165) is 0 Å². The normalized spacial score (nSPS) is 12.5. The van der Waals surface area contributed by atoms with Crippen molar-refractivity contribution in [2.24, 2.45) is 5.73 Å². The number of phenols is 2. The molecule has 0 radical (unpaired) electrons. The average molecular weight is 219 g/mol. The molecule has 0 heterocycles. The van der Waals surface area contributed by atoms with E-state index in [0.29, 0.717) is 6.07 Å². The summed E-state index contributed by atoms with van der Waals surface area (Å²) in [5, 5.41) is 26.3. The Balaban J connectivity index is 3.38.